The molecule has 144 valence electrons. The predicted octanol–water partition coefficient (Wildman–Crippen LogP) is 4.70. The van der Waals surface area contributed by atoms with Crippen LogP contribution in [0.3, 0.4) is 0 Å². The summed E-state index contributed by atoms with van der Waals surface area (Å²) in [5.41, 5.74) is 3.37. The van der Waals surface area contributed by atoms with Crippen LogP contribution in [-0.4, -0.2) is 33.9 Å². The van der Waals surface area contributed by atoms with E-state index in [1.807, 2.05) is 29.8 Å². The lowest BCUT2D eigenvalue weighted by atomic mass is 9.89. The number of fused-ring (bicyclic) bond motifs is 2. The highest BCUT2D eigenvalue weighted by Crippen LogP contribution is 2.36. The van der Waals surface area contributed by atoms with Crippen LogP contribution in [0.15, 0.2) is 46.0 Å². The number of aryl methyl sites for hydroxylation is 1. The van der Waals surface area contributed by atoms with Crippen molar-refractivity contribution in [2.75, 3.05) is 19.6 Å². The van der Waals surface area contributed by atoms with Crippen LogP contribution < -0.4 is 5.56 Å². The summed E-state index contributed by atoms with van der Waals surface area (Å²) < 4.78 is 3.08. The Bertz CT molecular complexity index is 1180. The minimum atomic E-state index is 0.100. The fourth-order valence-electron chi connectivity index (χ4n) is 4.36. The molecule has 1 aliphatic heterocycles. The second-order valence-corrected chi connectivity index (χ2v) is 9.37. The number of thiazole rings is 1. The quantitative estimate of drug-likeness (QED) is 0.490. The molecule has 6 heteroatoms. The van der Waals surface area contributed by atoms with Crippen molar-refractivity contribution in [1.29, 1.82) is 0 Å². The van der Waals surface area contributed by atoms with Crippen LogP contribution in [0.2, 0.25) is 0 Å². The van der Waals surface area contributed by atoms with E-state index in [-0.39, 0.29) is 5.56 Å². The molecule has 4 heterocycles. The highest BCUT2D eigenvalue weighted by molar-refractivity contribution is 7.17. The molecule has 0 N–H and O–H groups in total. The van der Waals surface area contributed by atoms with E-state index in [9.17, 15) is 4.79 Å². The average Bonchev–Trinajstić information content (AvgIpc) is 3.35. The van der Waals surface area contributed by atoms with Gasteiger partial charge in [-0.15, -0.1) is 22.7 Å². The molecule has 4 aromatic rings. The molecule has 3 aromatic heterocycles. The summed E-state index contributed by atoms with van der Waals surface area (Å²) in [7, 11) is 0. The van der Waals surface area contributed by atoms with Gasteiger partial charge in [0.1, 0.15) is 0 Å². The zero-order chi connectivity index (χ0) is 19.1. The Balaban J connectivity index is 1.25. The Morgan fingerprint density at radius 3 is 2.86 bits per heavy atom. The second kappa shape index (κ2) is 7.43. The maximum Gasteiger partial charge on any atom is 0.261 e. The van der Waals surface area contributed by atoms with Gasteiger partial charge >= 0.3 is 0 Å². The number of piperidine rings is 1. The van der Waals surface area contributed by atoms with E-state index in [2.05, 4.69) is 39.5 Å². The molecule has 1 saturated heterocycles. The summed E-state index contributed by atoms with van der Waals surface area (Å²) in [5.74, 6) is 0.656. The predicted molar refractivity (Wildman–Crippen MR) is 118 cm³/mol. The van der Waals surface area contributed by atoms with Crippen LogP contribution in [0.4, 0.5) is 0 Å². The van der Waals surface area contributed by atoms with Gasteiger partial charge in [0.25, 0.3) is 5.56 Å². The topological polar surface area (TPSA) is 37.6 Å². The van der Waals surface area contributed by atoms with Crippen molar-refractivity contribution in [2.24, 2.45) is 0 Å². The number of likely N-dealkylation sites (tertiary alicyclic amines) is 1. The van der Waals surface area contributed by atoms with Crippen LogP contribution >= 0.6 is 22.7 Å². The Kier molecular flexibility index (Phi) is 4.78. The second-order valence-electron chi connectivity index (χ2n) is 7.59. The Labute approximate surface area is 172 Å². The lowest BCUT2D eigenvalue weighted by Gasteiger charge is -2.32. The van der Waals surface area contributed by atoms with Gasteiger partial charge in [-0.3, -0.25) is 9.20 Å². The molecule has 0 atom stereocenters. The molecule has 0 bridgehead atoms. The maximum atomic E-state index is 12.7. The molecule has 0 amide bonds. The third kappa shape index (κ3) is 3.19. The number of hydrogen-bond donors (Lipinski definition) is 0. The fourth-order valence-corrected chi connectivity index (χ4v) is 6.15. The standard InChI is InChI=1S/C22H23N3OS2/c1-15-17(21(26)25-12-13-27-22(25)23-15)8-11-24-9-6-16(7-10-24)19-14-28-20-5-3-2-4-18(19)20/h2-5,12-14,16H,6-11H2,1H3. The van der Waals surface area contributed by atoms with Gasteiger partial charge in [0.2, 0.25) is 0 Å². The molecule has 0 radical (unpaired) electrons. The van der Waals surface area contributed by atoms with E-state index in [0.717, 1.165) is 42.3 Å². The van der Waals surface area contributed by atoms with Crippen molar-refractivity contribution in [3.63, 3.8) is 0 Å². The van der Waals surface area contributed by atoms with Crippen molar-refractivity contribution in [3.8, 4) is 0 Å². The van der Waals surface area contributed by atoms with Crippen LogP contribution in [0.1, 0.15) is 35.6 Å². The van der Waals surface area contributed by atoms with Gasteiger partial charge in [-0.1, -0.05) is 18.2 Å². The van der Waals surface area contributed by atoms with Gasteiger partial charge in [0, 0.05) is 34.1 Å². The summed E-state index contributed by atoms with van der Waals surface area (Å²) in [6, 6.07) is 8.75. The van der Waals surface area contributed by atoms with E-state index < -0.39 is 0 Å². The SMILES string of the molecule is Cc1nc2sccn2c(=O)c1CCN1CCC(c2csc3ccccc23)CC1. The molecular weight excluding hydrogens is 386 g/mol. The monoisotopic (exact) mass is 409 g/mol. The van der Waals surface area contributed by atoms with Crippen LogP contribution in [-0.2, 0) is 6.42 Å². The van der Waals surface area contributed by atoms with Gasteiger partial charge < -0.3 is 4.90 Å². The largest absolute Gasteiger partial charge is 0.303 e. The van der Waals surface area contributed by atoms with Gasteiger partial charge in [-0.2, -0.15) is 0 Å². The lowest BCUT2D eigenvalue weighted by Crippen LogP contribution is -2.35. The van der Waals surface area contributed by atoms with Crippen molar-refractivity contribution in [1.82, 2.24) is 14.3 Å². The minimum Gasteiger partial charge on any atom is -0.303 e. The number of benzene rings is 1. The normalized spacial score (nSPS) is 16.3. The van der Waals surface area contributed by atoms with E-state index in [1.165, 1.54) is 39.8 Å². The molecule has 5 rings (SSSR count). The fraction of sp³-hybridized carbons (Fsp3) is 0.364. The van der Waals surface area contributed by atoms with E-state index >= 15 is 0 Å². The van der Waals surface area contributed by atoms with Crippen molar-refractivity contribution >= 4 is 37.7 Å². The molecule has 4 nitrogen and oxygen atoms in total. The summed E-state index contributed by atoms with van der Waals surface area (Å²) in [4.78, 5) is 20.6. The number of rotatable bonds is 4. The first-order chi connectivity index (χ1) is 13.7. The minimum absolute atomic E-state index is 0.100. The molecule has 1 fully saturated rings. The number of nitrogens with zero attached hydrogens (tertiary/aromatic N) is 3. The zero-order valence-corrected chi connectivity index (χ0v) is 17.6. The maximum absolute atomic E-state index is 12.7. The highest BCUT2D eigenvalue weighted by atomic mass is 32.1. The van der Waals surface area contributed by atoms with Gasteiger partial charge in [-0.25, -0.2) is 4.98 Å². The van der Waals surface area contributed by atoms with E-state index in [1.54, 1.807) is 4.40 Å². The van der Waals surface area contributed by atoms with Crippen molar-refractivity contribution in [3.05, 3.63) is 68.4 Å². The first-order valence-corrected chi connectivity index (χ1v) is 11.6. The summed E-state index contributed by atoms with van der Waals surface area (Å²) in [6.07, 6.45) is 5.00. The van der Waals surface area contributed by atoms with Crippen LogP contribution in [0.25, 0.3) is 15.0 Å². The summed E-state index contributed by atoms with van der Waals surface area (Å²) >= 11 is 3.38. The zero-order valence-electron chi connectivity index (χ0n) is 15.9. The molecule has 0 aliphatic carbocycles. The highest BCUT2D eigenvalue weighted by Gasteiger charge is 2.23. The lowest BCUT2D eigenvalue weighted by molar-refractivity contribution is 0.215. The molecule has 1 aliphatic rings. The number of hydrogen-bond acceptors (Lipinski definition) is 5. The van der Waals surface area contributed by atoms with Gasteiger partial charge in [-0.05, 0) is 67.6 Å². The third-order valence-corrected chi connectivity index (χ3v) is 7.72. The first kappa shape index (κ1) is 18.0. The molecule has 0 spiro atoms. The smallest absolute Gasteiger partial charge is 0.261 e. The first-order valence-electron chi connectivity index (χ1n) is 9.84. The third-order valence-electron chi connectivity index (χ3n) is 5.98. The molecule has 0 unspecified atom stereocenters. The average molecular weight is 410 g/mol. The van der Waals surface area contributed by atoms with E-state index in [0.29, 0.717) is 5.92 Å². The van der Waals surface area contributed by atoms with Crippen LogP contribution in [0, 0.1) is 6.92 Å². The van der Waals surface area contributed by atoms with Crippen LogP contribution in [0.5, 0.6) is 0 Å². The molecule has 28 heavy (non-hydrogen) atoms. The van der Waals surface area contributed by atoms with E-state index in [4.69, 9.17) is 0 Å². The summed E-state index contributed by atoms with van der Waals surface area (Å²) in [5, 5.41) is 5.72. The Hall–Kier alpha value is -2.02. The van der Waals surface area contributed by atoms with Gasteiger partial charge in [0.05, 0.1) is 0 Å². The number of aromatic nitrogens is 2. The van der Waals surface area contributed by atoms with Gasteiger partial charge in [0.15, 0.2) is 4.96 Å². The molecule has 0 saturated carbocycles. The summed E-state index contributed by atoms with van der Waals surface area (Å²) in [6.45, 7) is 5.10. The molecule has 1 aromatic carbocycles. The van der Waals surface area contributed by atoms with Crippen molar-refractivity contribution < 1.29 is 0 Å². The van der Waals surface area contributed by atoms with Crippen molar-refractivity contribution in [2.45, 2.75) is 32.1 Å². The molecular formula is C22H23N3OS2. The number of thiophene rings is 1. The Morgan fingerprint density at radius 1 is 1.18 bits per heavy atom. The Morgan fingerprint density at radius 2 is 2.00 bits per heavy atom.